The fraction of sp³-hybridized carbons (Fsp3) is 0.583. The Hall–Kier alpha value is -2.01. The van der Waals surface area contributed by atoms with Gasteiger partial charge in [0.2, 0.25) is 0 Å². The number of fused-ring (bicyclic) bond motifs is 1. The normalized spacial score (nSPS) is 29.7. The maximum atomic E-state index is 13.4. The van der Waals surface area contributed by atoms with E-state index in [1.54, 1.807) is 12.1 Å². The maximum absolute atomic E-state index is 13.4. The van der Waals surface area contributed by atoms with E-state index in [4.69, 9.17) is 16.3 Å². The molecule has 1 aromatic carbocycles. The standard InChI is InChI=1S/C24H30ClNO4/c1-23(2)8-13-19(15(27)10-23)18(12-6-7-17(30-5)22(29)21(12)25)20-14(26-13)9-24(3,4)11-16(20)28/h6-7,13,18-19,26,29H,8-11H2,1-5H3/t13-,18-,19-/m0/s1. The second-order valence-electron chi connectivity index (χ2n) is 10.6. The van der Waals surface area contributed by atoms with Crippen molar-refractivity contribution >= 4 is 23.2 Å². The molecule has 0 unspecified atom stereocenters. The van der Waals surface area contributed by atoms with Crippen molar-refractivity contribution in [3.05, 3.63) is 34.0 Å². The van der Waals surface area contributed by atoms with Crippen LogP contribution in [0, 0.1) is 16.7 Å². The summed E-state index contributed by atoms with van der Waals surface area (Å²) in [6.45, 7) is 8.42. The third-order valence-electron chi connectivity index (χ3n) is 6.84. The highest BCUT2D eigenvalue weighted by molar-refractivity contribution is 6.33. The summed E-state index contributed by atoms with van der Waals surface area (Å²) in [6.07, 6.45) is 2.49. The number of carbonyl (C=O) groups is 2. The van der Waals surface area contributed by atoms with E-state index in [9.17, 15) is 14.7 Å². The molecule has 5 nitrogen and oxygen atoms in total. The summed E-state index contributed by atoms with van der Waals surface area (Å²) in [4.78, 5) is 26.7. The van der Waals surface area contributed by atoms with Gasteiger partial charge in [-0.05, 0) is 35.3 Å². The molecule has 0 radical (unpaired) electrons. The number of methoxy groups -OCH3 is 1. The first kappa shape index (κ1) is 21.2. The highest BCUT2D eigenvalue weighted by atomic mass is 35.5. The summed E-state index contributed by atoms with van der Waals surface area (Å²) < 4.78 is 5.19. The highest BCUT2D eigenvalue weighted by Gasteiger charge is 2.52. The van der Waals surface area contributed by atoms with Crippen molar-refractivity contribution in [2.24, 2.45) is 16.7 Å². The smallest absolute Gasteiger partial charge is 0.177 e. The van der Waals surface area contributed by atoms with Crippen molar-refractivity contribution in [1.82, 2.24) is 5.32 Å². The number of rotatable bonds is 2. The molecule has 1 saturated carbocycles. The molecule has 2 N–H and O–H groups in total. The number of allylic oxidation sites excluding steroid dienone is 2. The average Bonchev–Trinajstić information content (AvgIpc) is 2.60. The predicted molar refractivity (Wildman–Crippen MR) is 116 cm³/mol. The molecular formula is C24H30ClNO4. The topological polar surface area (TPSA) is 75.6 Å². The summed E-state index contributed by atoms with van der Waals surface area (Å²) in [6, 6.07) is 3.38. The largest absolute Gasteiger partial charge is 0.503 e. The van der Waals surface area contributed by atoms with Crippen LogP contribution in [0.1, 0.15) is 64.9 Å². The van der Waals surface area contributed by atoms with Gasteiger partial charge in [0, 0.05) is 42.0 Å². The van der Waals surface area contributed by atoms with Crippen LogP contribution in [0.5, 0.6) is 11.5 Å². The van der Waals surface area contributed by atoms with Crippen molar-refractivity contribution in [3.63, 3.8) is 0 Å². The number of hydrogen-bond donors (Lipinski definition) is 2. The summed E-state index contributed by atoms with van der Waals surface area (Å²) in [5.41, 5.74) is 1.98. The Bertz CT molecular complexity index is 962. The van der Waals surface area contributed by atoms with Gasteiger partial charge >= 0.3 is 0 Å². The molecule has 2 aliphatic carbocycles. The van der Waals surface area contributed by atoms with Gasteiger partial charge < -0.3 is 15.2 Å². The lowest BCUT2D eigenvalue weighted by molar-refractivity contribution is -0.130. The van der Waals surface area contributed by atoms with E-state index in [-0.39, 0.29) is 50.9 Å². The van der Waals surface area contributed by atoms with Crippen LogP contribution in [-0.2, 0) is 9.59 Å². The Labute approximate surface area is 182 Å². The van der Waals surface area contributed by atoms with E-state index in [1.165, 1.54) is 7.11 Å². The molecule has 1 fully saturated rings. The van der Waals surface area contributed by atoms with E-state index in [0.29, 0.717) is 24.0 Å². The van der Waals surface area contributed by atoms with Crippen molar-refractivity contribution in [2.45, 2.75) is 65.3 Å². The van der Waals surface area contributed by atoms with E-state index < -0.39 is 5.92 Å². The van der Waals surface area contributed by atoms with Crippen molar-refractivity contribution < 1.29 is 19.4 Å². The van der Waals surface area contributed by atoms with Crippen LogP contribution in [0.2, 0.25) is 5.02 Å². The SMILES string of the molecule is COc1ccc([C@@H]2C3=C(CC(C)(C)CC3=O)N[C@H]3CC(C)(C)CC(=O)[C@H]32)c(Cl)c1O. The molecule has 30 heavy (non-hydrogen) atoms. The van der Waals surface area contributed by atoms with E-state index in [1.807, 2.05) is 0 Å². The fourth-order valence-corrected chi connectivity index (χ4v) is 5.99. The minimum absolute atomic E-state index is 0.0567. The zero-order valence-corrected chi connectivity index (χ0v) is 19.0. The first-order valence-corrected chi connectivity index (χ1v) is 10.9. The number of ketones is 2. The molecule has 1 heterocycles. The molecule has 0 aromatic heterocycles. The minimum Gasteiger partial charge on any atom is -0.503 e. The van der Waals surface area contributed by atoms with Gasteiger partial charge in [0.1, 0.15) is 5.78 Å². The molecule has 4 rings (SSSR count). The third kappa shape index (κ3) is 3.41. The van der Waals surface area contributed by atoms with Gasteiger partial charge in [-0.25, -0.2) is 0 Å². The number of nitrogens with one attached hydrogen (secondary N) is 1. The van der Waals surface area contributed by atoms with Crippen LogP contribution in [0.25, 0.3) is 0 Å². The van der Waals surface area contributed by atoms with Crippen LogP contribution in [0.4, 0.5) is 0 Å². The average molecular weight is 432 g/mol. The zero-order valence-electron chi connectivity index (χ0n) is 18.3. The molecule has 0 bridgehead atoms. The van der Waals surface area contributed by atoms with Crippen molar-refractivity contribution in [2.75, 3.05) is 7.11 Å². The lowest BCUT2D eigenvalue weighted by Gasteiger charge is -2.50. The quantitative estimate of drug-likeness (QED) is 0.706. The van der Waals surface area contributed by atoms with Crippen LogP contribution in [0.15, 0.2) is 23.4 Å². The Balaban J connectivity index is 1.92. The number of ether oxygens (including phenoxy) is 1. The highest BCUT2D eigenvalue weighted by Crippen LogP contribution is 2.54. The summed E-state index contributed by atoms with van der Waals surface area (Å²) in [5, 5.41) is 14.3. The molecular weight excluding hydrogens is 402 g/mol. The molecule has 3 atom stereocenters. The van der Waals surface area contributed by atoms with Gasteiger partial charge in [-0.1, -0.05) is 45.4 Å². The number of benzene rings is 1. The molecule has 3 aliphatic rings. The fourth-order valence-electron chi connectivity index (χ4n) is 5.71. The van der Waals surface area contributed by atoms with Gasteiger partial charge in [-0.15, -0.1) is 0 Å². The summed E-state index contributed by atoms with van der Waals surface area (Å²) in [5.74, 6) is -0.516. The number of halogens is 1. The third-order valence-corrected chi connectivity index (χ3v) is 7.24. The second-order valence-corrected chi connectivity index (χ2v) is 11.0. The number of carbonyl (C=O) groups excluding carboxylic acids is 2. The van der Waals surface area contributed by atoms with E-state index in [2.05, 4.69) is 33.0 Å². The first-order chi connectivity index (χ1) is 13.9. The number of phenolic OH excluding ortho intramolecular Hbond substituents is 1. The first-order valence-electron chi connectivity index (χ1n) is 10.5. The minimum atomic E-state index is -0.456. The zero-order chi connectivity index (χ0) is 22.0. The molecule has 0 spiro atoms. The van der Waals surface area contributed by atoms with Crippen LogP contribution < -0.4 is 10.1 Å². The lowest BCUT2D eigenvalue weighted by atomic mass is 9.59. The van der Waals surface area contributed by atoms with Crippen molar-refractivity contribution in [3.8, 4) is 11.5 Å². The number of phenols is 1. The Kier molecular flexibility index (Phi) is 4.96. The molecule has 0 saturated heterocycles. The molecule has 1 aliphatic heterocycles. The van der Waals surface area contributed by atoms with Gasteiger partial charge in [0.25, 0.3) is 0 Å². The molecule has 1 aromatic rings. The van der Waals surface area contributed by atoms with Gasteiger partial charge in [-0.3, -0.25) is 9.59 Å². The van der Waals surface area contributed by atoms with E-state index >= 15 is 0 Å². The van der Waals surface area contributed by atoms with Gasteiger partial charge in [-0.2, -0.15) is 0 Å². The van der Waals surface area contributed by atoms with Gasteiger partial charge in [0.15, 0.2) is 17.3 Å². The summed E-state index contributed by atoms with van der Waals surface area (Å²) in [7, 11) is 1.46. The van der Waals surface area contributed by atoms with Crippen LogP contribution in [0.3, 0.4) is 0 Å². The van der Waals surface area contributed by atoms with Crippen LogP contribution in [-0.4, -0.2) is 29.8 Å². The Morgan fingerprint density at radius 1 is 1.10 bits per heavy atom. The Morgan fingerprint density at radius 2 is 1.80 bits per heavy atom. The molecule has 0 amide bonds. The summed E-state index contributed by atoms with van der Waals surface area (Å²) >= 11 is 6.58. The number of hydrogen-bond acceptors (Lipinski definition) is 5. The monoisotopic (exact) mass is 431 g/mol. The van der Waals surface area contributed by atoms with E-state index in [0.717, 1.165) is 18.5 Å². The lowest BCUT2D eigenvalue weighted by Crippen LogP contribution is -2.55. The number of Topliss-reactive ketones (excluding diaryl/α,β-unsaturated/α-hetero) is 2. The maximum Gasteiger partial charge on any atom is 0.177 e. The van der Waals surface area contributed by atoms with Gasteiger partial charge in [0.05, 0.1) is 12.1 Å². The molecule has 162 valence electrons. The number of aromatic hydroxyl groups is 1. The molecule has 6 heteroatoms. The van der Waals surface area contributed by atoms with Crippen LogP contribution >= 0.6 is 11.6 Å². The second kappa shape index (κ2) is 7.01. The Morgan fingerprint density at radius 3 is 2.47 bits per heavy atom. The van der Waals surface area contributed by atoms with Crippen molar-refractivity contribution in [1.29, 1.82) is 0 Å². The predicted octanol–water partition coefficient (Wildman–Crippen LogP) is 4.76.